The van der Waals surface area contributed by atoms with Gasteiger partial charge < -0.3 is 5.11 Å². The number of carbonyl (C=O) groups excluding carboxylic acids is 1. The molecule has 0 radical (unpaired) electrons. The van der Waals surface area contributed by atoms with Crippen molar-refractivity contribution in [2.75, 3.05) is 6.26 Å². The molecule has 59 heavy (non-hydrogen) atoms. The summed E-state index contributed by atoms with van der Waals surface area (Å²) in [6, 6.07) is 57.4. The average molecular weight is 802 g/mol. The fourth-order valence-electron chi connectivity index (χ4n) is 6.65. The third-order valence-corrected chi connectivity index (χ3v) is 9.78. The van der Waals surface area contributed by atoms with Crippen LogP contribution in [-0.4, -0.2) is 31.7 Å². The first-order valence-corrected chi connectivity index (χ1v) is 20.9. The van der Waals surface area contributed by atoms with E-state index in [-0.39, 0.29) is 7.43 Å². The van der Waals surface area contributed by atoms with Crippen LogP contribution < -0.4 is 4.72 Å². The van der Waals surface area contributed by atoms with Crippen molar-refractivity contribution < 1.29 is 23.1 Å². The van der Waals surface area contributed by atoms with Gasteiger partial charge in [0.25, 0.3) is 5.91 Å². The first-order valence-electron chi connectivity index (χ1n) is 19.1. The fourth-order valence-corrected chi connectivity index (χ4v) is 7.08. The fraction of sp³-hybridized carbons (Fsp3) is 0.115. The second-order valence-electron chi connectivity index (χ2n) is 13.4. The third kappa shape index (κ3) is 13.4. The summed E-state index contributed by atoms with van der Waals surface area (Å²) < 4.78 is 24.2. The Kier molecular flexibility index (Phi) is 16.9. The lowest BCUT2D eigenvalue weighted by Gasteiger charge is -2.16. The van der Waals surface area contributed by atoms with Crippen LogP contribution in [0.2, 0.25) is 0 Å². The molecular weight excluding hydrogens is 751 g/mol. The molecule has 0 saturated carbocycles. The Hall–Kier alpha value is -6.83. The van der Waals surface area contributed by atoms with E-state index in [4.69, 9.17) is 5.11 Å². The molecule has 6 rings (SSSR count). The Balaban J connectivity index is 0.000000259. The van der Waals surface area contributed by atoms with Crippen LogP contribution in [0.25, 0.3) is 34.4 Å². The molecular formula is C52H51NO5S. The summed E-state index contributed by atoms with van der Waals surface area (Å²) in [5, 5.41) is 8.80. The van der Waals surface area contributed by atoms with Crippen molar-refractivity contribution in [2.24, 2.45) is 0 Å². The lowest BCUT2D eigenvalue weighted by molar-refractivity contribution is -0.131. The molecule has 0 unspecified atom stereocenters. The van der Waals surface area contributed by atoms with Gasteiger partial charge in [-0.3, -0.25) is 4.79 Å². The summed E-state index contributed by atoms with van der Waals surface area (Å²) in [6.07, 6.45) is 8.30. The number of carboxylic acids is 1. The number of carbonyl (C=O) groups is 2. The molecule has 0 spiro atoms. The van der Waals surface area contributed by atoms with Gasteiger partial charge in [-0.1, -0.05) is 191 Å². The van der Waals surface area contributed by atoms with E-state index >= 15 is 0 Å². The highest BCUT2D eigenvalue weighted by atomic mass is 32.2. The standard InChI is InChI=1S/C26H25NO3S.C25H22O2.CH4/c1-3-24(21-10-6-4-7-11-21)26(22-12-8-5-9-13-22)23-17-14-20(15-18-23)16-19-25(28)27-31(2,29)30;1-2-23(20-9-5-3-6-10-20)25(21-11-7-4-8-12-21)22-16-13-19(14-17-22)15-18-24(26)27;/h4-19H,3H2,1-2H3,(H,27,28);3-18H,2H2,1H3,(H,26,27);1H4/b19-16+,26-24-;18-15+,25-23-;. The summed E-state index contributed by atoms with van der Waals surface area (Å²) in [6.45, 7) is 4.33. The molecule has 0 heterocycles. The van der Waals surface area contributed by atoms with E-state index in [9.17, 15) is 18.0 Å². The summed E-state index contributed by atoms with van der Waals surface area (Å²) in [5.74, 6) is -1.62. The number of hydrogen-bond donors (Lipinski definition) is 2. The molecule has 2 N–H and O–H groups in total. The number of benzene rings is 6. The molecule has 0 aliphatic heterocycles. The van der Waals surface area contributed by atoms with Gasteiger partial charge in [0.2, 0.25) is 10.0 Å². The molecule has 0 fully saturated rings. The second-order valence-corrected chi connectivity index (χ2v) is 15.1. The Bertz CT molecular complexity index is 2510. The SMILES string of the molecule is C.CC/C(=C(\c1ccccc1)c1ccc(/C=C/C(=O)NS(C)(=O)=O)cc1)c1ccccc1.CC/C(=C(\c1ccccc1)c1ccc(/C=C/C(=O)O)cc1)c1ccccc1. The summed E-state index contributed by atoms with van der Waals surface area (Å²) in [7, 11) is -3.57. The molecule has 0 atom stereocenters. The minimum absolute atomic E-state index is 0. The second kappa shape index (κ2) is 22.2. The number of sulfonamides is 1. The first-order chi connectivity index (χ1) is 28.1. The van der Waals surface area contributed by atoms with E-state index in [0.717, 1.165) is 53.0 Å². The van der Waals surface area contributed by atoms with Crippen molar-refractivity contribution in [2.45, 2.75) is 34.1 Å². The van der Waals surface area contributed by atoms with E-state index in [2.05, 4.69) is 98.8 Å². The van der Waals surface area contributed by atoms with Crippen LogP contribution in [0.15, 0.2) is 182 Å². The zero-order chi connectivity index (χ0) is 41.3. The molecule has 0 aromatic heterocycles. The maximum absolute atomic E-state index is 11.7. The van der Waals surface area contributed by atoms with Gasteiger partial charge in [0.1, 0.15) is 0 Å². The summed E-state index contributed by atoms with van der Waals surface area (Å²) >= 11 is 0. The highest BCUT2D eigenvalue weighted by Gasteiger charge is 2.14. The van der Waals surface area contributed by atoms with Crippen LogP contribution in [0.1, 0.15) is 78.6 Å². The van der Waals surface area contributed by atoms with Gasteiger partial charge in [0.15, 0.2) is 0 Å². The highest BCUT2D eigenvalue weighted by molar-refractivity contribution is 7.89. The highest BCUT2D eigenvalue weighted by Crippen LogP contribution is 2.36. The normalized spacial score (nSPS) is 12.1. The van der Waals surface area contributed by atoms with Gasteiger partial charge in [-0.2, -0.15) is 0 Å². The van der Waals surface area contributed by atoms with E-state index in [1.165, 1.54) is 45.1 Å². The first kappa shape index (κ1) is 44.9. The Morgan fingerprint density at radius 1 is 0.492 bits per heavy atom. The van der Waals surface area contributed by atoms with Crippen LogP contribution in [0.3, 0.4) is 0 Å². The topological polar surface area (TPSA) is 101 Å². The van der Waals surface area contributed by atoms with E-state index in [1.54, 1.807) is 12.2 Å². The minimum Gasteiger partial charge on any atom is -0.478 e. The third-order valence-electron chi connectivity index (χ3n) is 9.21. The number of allylic oxidation sites excluding steroid dienone is 2. The molecule has 300 valence electrons. The average Bonchev–Trinajstić information content (AvgIpc) is 3.24. The molecule has 6 aromatic carbocycles. The maximum atomic E-state index is 11.7. The molecule has 0 aliphatic rings. The van der Waals surface area contributed by atoms with Crippen LogP contribution in [0, 0.1) is 0 Å². The summed E-state index contributed by atoms with van der Waals surface area (Å²) in [5.41, 5.74) is 13.5. The number of amides is 1. The van der Waals surface area contributed by atoms with Gasteiger partial charge in [0.05, 0.1) is 6.26 Å². The molecule has 1 amide bonds. The Morgan fingerprint density at radius 3 is 1.10 bits per heavy atom. The molecule has 0 saturated heterocycles. The van der Waals surface area contributed by atoms with E-state index < -0.39 is 21.9 Å². The zero-order valence-corrected chi connectivity index (χ0v) is 33.7. The number of carboxylic acid groups (broad SMARTS) is 1. The predicted octanol–water partition coefficient (Wildman–Crippen LogP) is 11.9. The Labute approximate surface area is 349 Å². The number of rotatable bonds is 13. The van der Waals surface area contributed by atoms with Gasteiger partial charge in [-0.05, 0) is 91.8 Å². The van der Waals surface area contributed by atoms with E-state index in [1.807, 2.05) is 89.7 Å². The van der Waals surface area contributed by atoms with Crippen LogP contribution in [-0.2, 0) is 19.6 Å². The number of nitrogens with one attached hydrogen (secondary N) is 1. The number of hydrogen-bond acceptors (Lipinski definition) is 4. The largest absolute Gasteiger partial charge is 0.478 e. The van der Waals surface area contributed by atoms with Crippen molar-refractivity contribution in [1.29, 1.82) is 0 Å². The molecule has 0 aliphatic carbocycles. The van der Waals surface area contributed by atoms with Gasteiger partial charge in [-0.15, -0.1) is 0 Å². The van der Waals surface area contributed by atoms with Crippen molar-refractivity contribution >= 4 is 56.3 Å². The lowest BCUT2D eigenvalue weighted by atomic mass is 9.88. The van der Waals surface area contributed by atoms with Crippen molar-refractivity contribution in [3.63, 3.8) is 0 Å². The minimum atomic E-state index is -3.57. The summed E-state index contributed by atoms with van der Waals surface area (Å²) in [4.78, 5) is 22.4. The molecule has 6 nitrogen and oxygen atoms in total. The van der Waals surface area contributed by atoms with Crippen LogP contribution in [0.5, 0.6) is 0 Å². The maximum Gasteiger partial charge on any atom is 0.328 e. The van der Waals surface area contributed by atoms with Crippen molar-refractivity contribution in [1.82, 2.24) is 4.72 Å². The smallest absolute Gasteiger partial charge is 0.328 e. The number of aliphatic carboxylic acids is 1. The van der Waals surface area contributed by atoms with Crippen LogP contribution in [0.4, 0.5) is 0 Å². The molecule has 6 aromatic rings. The van der Waals surface area contributed by atoms with Gasteiger partial charge in [-0.25, -0.2) is 17.9 Å². The van der Waals surface area contributed by atoms with Gasteiger partial charge >= 0.3 is 5.97 Å². The monoisotopic (exact) mass is 801 g/mol. The van der Waals surface area contributed by atoms with Crippen molar-refractivity contribution in [3.8, 4) is 0 Å². The molecule has 0 bridgehead atoms. The predicted molar refractivity (Wildman–Crippen MR) is 246 cm³/mol. The molecule has 7 heteroatoms. The quantitative estimate of drug-likeness (QED) is 0.0895. The zero-order valence-electron chi connectivity index (χ0n) is 32.9. The van der Waals surface area contributed by atoms with Crippen LogP contribution >= 0.6 is 0 Å². The van der Waals surface area contributed by atoms with E-state index in [0.29, 0.717) is 0 Å². The Morgan fingerprint density at radius 2 is 0.797 bits per heavy atom. The lowest BCUT2D eigenvalue weighted by Crippen LogP contribution is -2.27. The van der Waals surface area contributed by atoms with Gasteiger partial charge in [0, 0.05) is 12.2 Å². The van der Waals surface area contributed by atoms with Crippen molar-refractivity contribution in [3.05, 3.63) is 227 Å².